The summed E-state index contributed by atoms with van der Waals surface area (Å²) >= 11 is 0. The van der Waals surface area contributed by atoms with Crippen LogP contribution in [0.4, 0.5) is 0 Å². The molecule has 0 amide bonds. The van der Waals surface area contributed by atoms with Gasteiger partial charge in [0.15, 0.2) is 0 Å². The van der Waals surface area contributed by atoms with Crippen molar-refractivity contribution in [1.82, 2.24) is 0 Å². The molecule has 1 atom stereocenters. The van der Waals surface area contributed by atoms with Gasteiger partial charge in [0.25, 0.3) is 0 Å². The van der Waals surface area contributed by atoms with Gasteiger partial charge in [-0.15, -0.1) is 0 Å². The van der Waals surface area contributed by atoms with E-state index >= 15 is 0 Å². The topological polar surface area (TPSA) is 17.1 Å². The van der Waals surface area contributed by atoms with Crippen molar-refractivity contribution in [3.8, 4) is 0 Å². The summed E-state index contributed by atoms with van der Waals surface area (Å²) in [5.74, 6) is 0.623. The number of hydrogen-bond donors (Lipinski definition) is 0. The molecule has 0 aliphatic rings. The van der Waals surface area contributed by atoms with Gasteiger partial charge < -0.3 is 0 Å². The Balaban J connectivity index is 1.95. The second-order valence-electron chi connectivity index (χ2n) is 4.07. The van der Waals surface area contributed by atoms with Crippen LogP contribution in [0.25, 0.3) is 4.91 Å². The van der Waals surface area contributed by atoms with Gasteiger partial charge in [-0.1, -0.05) is 67.2 Å². The molecule has 0 bridgehead atoms. The van der Waals surface area contributed by atoms with Gasteiger partial charge in [0, 0.05) is 10.7 Å². The lowest BCUT2D eigenvalue weighted by Gasteiger charge is -2.06. The summed E-state index contributed by atoms with van der Waals surface area (Å²) in [6.07, 6.45) is 0.819. The molecule has 0 fully saturated rings. The molecule has 2 rings (SSSR count). The Morgan fingerprint density at radius 3 is 2.11 bits per heavy atom. The molecular formula is C16H16OS. The average Bonchev–Trinajstić information content (AvgIpc) is 2.46. The molecule has 0 unspecified atom stereocenters. The molecule has 0 heterocycles. The first-order valence-corrected chi connectivity index (χ1v) is 7.26. The predicted octanol–water partition coefficient (Wildman–Crippen LogP) is 3.65. The zero-order valence-electron chi connectivity index (χ0n) is 10.2. The van der Waals surface area contributed by atoms with Gasteiger partial charge >= 0.3 is 0 Å². The Morgan fingerprint density at radius 2 is 1.50 bits per heavy atom. The molecule has 0 aromatic heterocycles. The molecule has 2 aromatic carbocycles. The molecule has 2 aromatic rings. The van der Waals surface area contributed by atoms with Crippen LogP contribution in [0, 0.1) is 0 Å². The van der Waals surface area contributed by atoms with Crippen LogP contribution in [-0.4, -0.2) is 9.96 Å². The fourth-order valence-corrected chi connectivity index (χ4v) is 2.80. The summed E-state index contributed by atoms with van der Waals surface area (Å²) in [5.41, 5.74) is 2.18. The van der Waals surface area contributed by atoms with E-state index in [0.29, 0.717) is 10.7 Å². The van der Waals surface area contributed by atoms with Crippen molar-refractivity contribution >= 4 is 15.7 Å². The summed E-state index contributed by atoms with van der Waals surface area (Å²) in [4.78, 5) is 0.714. The van der Waals surface area contributed by atoms with E-state index in [1.807, 2.05) is 48.5 Å². The molecule has 0 aliphatic carbocycles. The van der Waals surface area contributed by atoms with Crippen molar-refractivity contribution in [1.29, 1.82) is 0 Å². The van der Waals surface area contributed by atoms with Crippen LogP contribution in [-0.2, 0) is 17.2 Å². The Bertz CT molecular complexity index is 532. The minimum atomic E-state index is -1.01. The molecule has 1 nitrogen and oxygen atoms in total. The van der Waals surface area contributed by atoms with Crippen molar-refractivity contribution in [2.45, 2.75) is 6.42 Å². The van der Waals surface area contributed by atoms with Crippen molar-refractivity contribution in [3.05, 3.63) is 78.4 Å². The number of rotatable bonds is 5. The highest BCUT2D eigenvalue weighted by Crippen LogP contribution is 2.16. The normalized spacial score (nSPS) is 12.0. The Morgan fingerprint density at radius 1 is 0.944 bits per heavy atom. The van der Waals surface area contributed by atoms with Crippen molar-refractivity contribution in [3.63, 3.8) is 0 Å². The summed E-state index contributed by atoms with van der Waals surface area (Å²) < 4.78 is 12.1. The van der Waals surface area contributed by atoms with Crippen LogP contribution in [0.1, 0.15) is 11.1 Å². The molecule has 2 heteroatoms. The van der Waals surface area contributed by atoms with Crippen molar-refractivity contribution in [2.75, 3.05) is 5.75 Å². The van der Waals surface area contributed by atoms with E-state index in [0.717, 1.165) is 12.0 Å². The minimum absolute atomic E-state index is 0.623. The van der Waals surface area contributed by atoms with Crippen molar-refractivity contribution in [2.24, 2.45) is 0 Å². The van der Waals surface area contributed by atoms with E-state index in [2.05, 4.69) is 18.7 Å². The third kappa shape index (κ3) is 3.41. The fourth-order valence-electron chi connectivity index (χ4n) is 1.73. The maximum atomic E-state index is 12.1. The van der Waals surface area contributed by atoms with Gasteiger partial charge in [-0.3, -0.25) is 4.21 Å². The quantitative estimate of drug-likeness (QED) is 0.798. The first kappa shape index (κ1) is 12.8. The molecule has 18 heavy (non-hydrogen) atoms. The highest BCUT2D eigenvalue weighted by molar-refractivity contribution is 7.94. The molecule has 0 saturated heterocycles. The summed E-state index contributed by atoms with van der Waals surface area (Å²) in [6.45, 7) is 3.94. The first-order valence-electron chi connectivity index (χ1n) is 5.94. The SMILES string of the molecule is C=C(c1ccccc1)[S@@](=O)CCc1ccccc1. The summed E-state index contributed by atoms with van der Waals surface area (Å²) in [5, 5.41) is 0. The molecule has 0 saturated carbocycles. The van der Waals surface area contributed by atoms with Crippen LogP contribution in [0.15, 0.2) is 67.2 Å². The third-order valence-electron chi connectivity index (χ3n) is 2.79. The summed E-state index contributed by atoms with van der Waals surface area (Å²) in [7, 11) is -1.01. The third-order valence-corrected chi connectivity index (χ3v) is 4.15. The largest absolute Gasteiger partial charge is 0.254 e. The molecule has 0 aliphatic heterocycles. The van der Waals surface area contributed by atoms with Gasteiger partial charge in [0.2, 0.25) is 0 Å². The smallest absolute Gasteiger partial charge is 0.0532 e. The fraction of sp³-hybridized carbons (Fsp3) is 0.125. The monoisotopic (exact) mass is 256 g/mol. The van der Waals surface area contributed by atoms with E-state index in [-0.39, 0.29) is 0 Å². The van der Waals surface area contributed by atoms with Crippen LogP contribution < -0.4 is 0 Å². The predicted molar refractivity (Wildman–Crippen MR) is 78.6 cm³/mol. The Labute approximate surface area is 111 Å². The van der Waals surface area contributed by atoms with E-state index in [1.165, 1.54) is 5.56 Å². The summed E-state index contributed by atoms with van der Waals surface area (Å²) in [6, 6.07) is 19.8. The zero-order valence-corrected chi connectivity index (χ0v) is 11.0. The highest BCUT2D eigenvalue weighted by Gasteiger charge is 2.07. The maximum Gasteiger partial charge on any atom is 0.0532 e. The second kappa shape index (κ2) is 6.31. The van der Waals surface area contributed by atoms with Crippen molar-refractivity contribution < 1.29 is 4.21 Å². The molecule has 0 radical (unpaired) electrons. The van der Waals surface area contributed by atoms with Gasteiger partial charge in [-0.25, -0.2) is 0 Å². The molecular weight excluding hydrogens is 240 g/mol. The lowest BCUT2D eigenvalue weighted by molar-refractivity contribution is 0.688. The standard InChI is InChI=1S/C16H16OS/c1-14(16-10-6-3-7-11-16)18(17)13-12-15-8-4-2-5-9-15/h2-11H,1,12-13H2/t18-/m0/s1. The van der Waals surface area contributed by atoms with Crippen LogP contribution in [0.5, 0.6) is 0 Å². The van der Waals surface area contributed by atoms with Crippen LogP contribution in [0.2, 0.25) is 0 Å². The number of hydrogen-bond acceptors (Lipinski definition) is 1. The average molecular weight is 256 g/mol. The first-order chi connectivity index (χ1) is 8.77. The minimum Gasteiger partial charge on any atom is -0.254 e. The number of benzene rings is 2. The Hall–Kier alpha value is -1.67. The molecule has 92 valence electrons. The van der Waals surface area contributed by atoms with E-state index < -0.39 is 10.8 Å². The van der Waals surface area contributed by atoms with Gasteiger partial charge in [0.1, 0.15) is 0 Å². The Kier molecular flexibility index (Phi) is 4.48. The number of aryl methyl sites for hydroxylation is 1. The van der Waals surface area contributed by atoms with Gasteiger partial charge in [-0.2, -0.15) is 0 Å². The van der Waals surface area contributed by atoms with E-state index in [1.54, 1.807) is 0 Å². The highest BCUT2D eigenvalue weighted by atomic mass is 32.2. The maximum absolute atomic E-state index is 12.1. The lowest BCUT2D eigenvalue weighted by Crippen LogP contribution is -2.02. The zero-order chi connectivity index (χ0) is 12.8. The van der Waals surface area contributed by atoms with Crippen LogP contribution >= 0.6 is 0 Å². The molecule has 0 spiro atoms. The van der Waals surface area contributed by atoms with Gasteiger partial charge in [-0.05, 0) is 17.5 Å². The van der Waals surface area contributed by atoms with E-state index in [9.17, 15) is 4.21 Å². The van der Waals surface area contributed by atoms with Crippen LogP contribution in [0.3, 0.4) is 0 Å². The van der Waals surface area contributed by atoms with E-state index in [4.69, 9.17) is 0 Å². The van der Waals surface area contributed by atoms with Gasteiger partial charge in [0.05, 0.1) is 10.8 Å². The molecule has 0 N–H and O–H groups in total. The second-order valence-corrected chi connectivity index (χ2v) is 5.67. The lowest BCUT2D eigenvalue weighted by atomic mass is 10.2.